The van der Waals surface area contributed by atoms with Crippen molar-refractivity contribution in [1.29, 1.82) is 0 Å². The molecule has 1 aliphatic rings. The Morgan fingerprint density at radius 3 is 2.50 bits per heavy atom. The van der Waals surface area contributed by atoms with Crippen LogP contribution in [0.15, 0.2) is 0 Å². The molecular weight excluding hydrogens is 232 g/mol. The van der Waals surface area contributed by atoms with Crippen LogP contribution >= 0.6 is 0 Å². The molecule has 18 heavy (non-hydrogen) atoms. The van der Waals surface area contributed by atoms with Crippen molar-refractivity contribution in [3.05, 3.63) is 0 Å². The fraction of sp³-hybridized carbons (Fsp3) is 0.846. The minimum atomic E-state index is -0.726. The first-order chi connectivity index (χ1) is 8.54. The lowest BCUT2D eigenvalue weighted by atomic mass is 9.91. The molecule has 0 aliphatic carbocycles. The summed E-state index contributed by atoms with van der Waals surface area (Å²) in [5, 5.41) is 11.7. The van der Waals surface area contributed by atoms with Crippen molar-refractivity contribution < 1.29 is 14.7 Å². The number of likely N-dealkylation sites (tertiary alicyclic amines) is 1. The highest BCUT2D eigenvalue weighted by Gasteiger charge is 2.25. The van der Waals surface area contributed by atoms with Gasteiger partial charge in [-0.1, -0.05) is 6.92 Å². The van der Waals surface area contributed by atoms with E-state index in [9.17, 15) is 9.59 Å². The number of nitrogens with one attached hydrogen (secondary N) is 1. The molecule has 0 spiro atoms. The molecule has 0 aromatic rings. The van der Waals surface area contributed by atoms with Crippen LogP contribution in [-0.4, -0.2) is 48.6 Å². The summed E-state index contributed by atoms with van der Waals surface area (Å²) in [6, 6.07) is 0. The minimum absolute atomic E-state index is 0.0190. The van der Waals surface area contributed by atoms with Gasteiger partial charge in [-0.25, -0.2) is 0 Å². The van der Waals surface area contributed by atoms with Gasteiger partial charge in [0.25, 0.3) is 0 Å². The van der Waals surface area contributed by atoms with Gasteiger partial charge in [-0.2, -0.15) is 0 Å². The van der Waals surface area contributed by atoms with Crippen molar-refractivity contribution >= 4 is 11.9 Å². The quantitative estimate of drug-likeness (QED) is 0.742. The van der Waals surface area contributed by atoms with Crippen molar-refractivity contribution in [2.24, 2.45) is 11.8 Å². The standard InChI is InChI=1S/C13H24N2O3/c1-10(9-14-2)13(18)15-7-5-11(6-8-15)3-4-12(16)17/h10-11,14H,3-9H2,1-2H3,(H,16,17). The molecule has 1 heterocycles. The van der Waals surface area contributed by atoms with Gasteiger partial charge in [0, 0.05) is 32.0 Å². The molecule has 1 fully saturated rings. The third-order valence-corrected chi connectivity index (χ3v) is 3.62. The molecule has 5 nitrogen and oxygen atoms in total. The lowest BCUT2D eigenvalue weighted by Gasteiger charge is -2.33. The zero-order chi connectivity index (χ0) is 13.5. The summed E-state index contributed by atoms with van der Waals surface area (Å²) in [5.74, 6) is -0.0347. The van der Waals surface area contributed by atoms with Crippen LogP contribution < -0.4 is 5.32 Å². The van der Waals surface area contributed by atoms with Gasteiger partial charge >= 0.3 is 5.97 Å². The first-order valence-corrected chi connectivity index (χ1v) is 6.69. The maximum Gasteiger partial charge on any atom is 0.303 e. The molecule has 0 saturated carbocycles. The lowest BCUT2D eigenvalue weighted by molar-refractivity contribution is -0.139. The first kappa shape index (κ1) is 15.0. The van der Waals surface area contributed by atoms with E-state index in [-0.39, 0.29) is 18.2 Å². The van der Waals surface area contributed by atoms with Gasteiger partial charge in [-0.05, 0) is 32.2 Å². The topological polar surface area (TPSA) is 69.6 Å². The second-order valence-electron chi connectivity index (χ2n) is 5.16. The summed E-state index contributed by atoms with van der Waals surface area (Å²) in [6.45, 7) is 4.20. The van der Waals surface area contributed by atoms with Gasteiger partial charge in [0.05, 0.1) is 0 Å². The third kappa shape index (κ3) is 4.64. The van der Waals surface area contributed by atoms with Gasteiger partial charge < -0.3 is 15.3 Å². The number of hydrogen-bond acceptors (Lipinski definition) is 3. The van der Waals surface area contributed by atoms with Crippen molar-refractivity contribution in [2.75, 3.05) is 26.7 Å². The number of hydrogen-bond donors (Lipinski definition) is 2. The summed E-state index contributed by atoms with van der Waals surface area (Å²) >= 11 is 0. The van der Waals surface area contributed by atoms with Gasteiger partial charge in [-0.15, -0.1) is 0 Å². The summed E-state index contributed by atoms with van der Waals surface area (Å²) < 4.78 is 0. The molecule has 5 heteroatoms. The van der Waals surface area contributed by atoms with E-state index >= 15 is 0 Å². The molecule has 104 valence electrons. The summed E-state index contributed by atoms with van der Waals surface area (Å²) in [4.78, 5) is 24.5. The SMILES string of the molecule is CNCC(C)C(=O)N1CCC(CCC(=O)O)CC1. The number of piperidine rings is 1. The van der Waals surface area contributed by atoms with Crippen LogP contribution in [-0.2, 0) is 9.59 Å². The highest BCUT2D eigenvalue weighted by molar-refractivity contribution is 5.78. The van der Waals surface area contributed by atoms with Gasteiger partial charge in [0.15, 0.2) is 0 Å². The summed E-state index contributed by atoms with van der Waals surface area (Å²) in [7, 11) is 1.85. The van der Waals surface area contributed by atoms with E-state index in [1.807, 2.05) is 18.9 Å². The number of carboxylic acids is 1. The Labute approximate surface area is 109 Å². The average molecular weight is 256 g/mol. The molecular formula is C13H24N2O3. The van der Waals surface area contributed by atoms with Gasteiger partial charge in [0.2, 0.25) is 5.91 Å². The predicted molar refractivity (Wildman–Crippen MR) is 69.3 cm³/mol. The minimum Gasteiger partial charge on any atom is -0.481 e. The van der Waals surface area contributed by atoms with Crippen molar-refractivity contribution in [3.8, 4) is 0 Å². The first-order valence-electron chi connectivity index (χ1n) is 6.69. The second kappa shape index (κ2) is 7.36. The van der Waals surface area contributed by atoms with Crippen LogP contribution in [0.4, 0.5) is 0 Å². The van der Waals surface area contributed by atoms with Crippen LogP contribution in [0.2, 0.25) is 0 Å². The van der Waals surface area contributed by atoms with E-state index in [0.29, 0.717) is 12.5 Å². The second-order valence-corrected chi connectivity index (χ2v) is 5.16. The van der Waals surface area contributed by atoms with E-state index in [0.717, 1.165) is 32.4 Å². The zero-order valence-electron chi connectivity index (χ0n) is 11.3. The molecule has 0 aromatic carbocycles. The highest BCUT2D eigenvalue weighted by atomic mass is 16.4. The predicted octanol–water partition coefficient (Wildman–Crippen LogP) is 0.945. The Morgan fingerprint density at radius 2 is 2.00 bits per heavy atom. The smallest absolute Gasteiger partial charge is 0.303 e. The molecule has 0 radical (unpaired) electrons. The largest absolute Gasteiger partial charge is 0.481 e. The molecule has 1 amide bonds. The highest BCUT2D eigenvalue weighted by Crippen LogP contribution is 2.22. The number of carboxylic acid groups (broad SMARTS) is 1. The Bertz CT molecular complexity index is 286. The molecule has 1 saturated heterocycles. The number of rotatable bonds is 6. The van der Waals surface area contributed by atoms with Crippen LogP contribution in [0, 0.1) is 11.8 Å². The molecule has 1 atom stereocenters. The molecule has 0 bridgehead atoms. The summed E-state index contributed by atoms with van der Waals surface area (Å²) in [6.07, 6.45) is 2.86. The maximum atomic E-state index is 12.1. The van der Waals surface area contributed by atoms with Crippen molar-refractivity contribution in [1.82, 2.24) is 10.2 Å². The Morgan fingerprint density at radius 1 is 1.39 bits per heavy atom. The van der Waals surface area contributed by atoms with Crippen LogP contribution in [0.5, 0.6) is 0 Å². The zero-order valence-corrected chi connectivity index (χ0v) is 11.3. The third-order valence-electron chi connectivity index (χ3n) is 3.62. The molecule has 1 rings (SSSR count). The van der Waals surface area contributed by atoms with Crippen molar-refractivity contribution in [2.45, 2.75) is 32.6 Å². The fourth-order valence-electron chi connectivity index (χ4n) is 2.47. The molecule has 1 aliphatic heterocycles. The lowest BCUT2D eigenvalue weighted by Crippen LogP contribution is -2.43. The Balaban J connectivity index is 2.30. The van der Waals surface area contributed by atoms with E-state index in [1.54, 1.807) is 0 Å². The fourth-order valence-corrected chi connectivity index (χ4v) is 2.47. The number of carbonyl (C=O) groups excluding carboxylic acids is 1. The number of amides is 1. The summed E-state index contributed by atoms with van der Waals surface area (Å²) in [5.41, 5.74) is 0. The molecule has 1 unspecified atom stereocenters. The Kier molecular flexibility index (Phi) is 6.12. The van der Waals surface area contributed by atoms with Gasteiger partial charge in [-0.3, -0.25) is 9.59 Å². The average Bonchev–Trinajstić information content (AvgIpc) is 2.36. The van der Waals surface area contributed by atoms with Crippen LogP contribution in [0.1, 0.15) is 32.6 Å². The van der Waals surface area contributed by atoms with E-state index < -0.39 is 5.97 Å². The van der Waals surface area contributed by atoms with Crippen LogP contribution in [0.3, 0.4) is 0 Å². The number of aliphatic carboxylic acids is 1. The van der Waals surface area contributed by atoms with Crippen molar-refractivity contribution in [3.63, 3.8) is 0 Å². The number of nitrogens with zero attached hydrogens (tertiary/aromatic N) is 1. The normalized spacial score (nSPS) is 18.7. The van der Waals surface area contributed by atoms with E-state index in [4.69, 9.17) is 5.11 Å². The van der Waals surface area contributed by atoms with Gasteiger partial charge in [0.1, 0.15) is 0 Å². The van der Waals surface area contributed by atoms with E-state index in [1.165, 1.54) is 0 Å². The Hall–Kier alpha value is -1.10. The molecule has 2 N–H and O–H groups in total. The van der Waals surface area contributed by atoms with E-state index in [2.05, 4.69) is 5.32 Å². The maximum absolute atomic E-state index is 12.1. The number of carbonyl (C=O) groups is 2. The molecule has 0 aromatic heterocycles. The van der Waals surface area contributed by atoms with Crippen LogP contribution in [0.25, 0.3) is 0 Å². The monoisotopic (exact) mass is 256 g/mol.